The molecule has 2 aromatic rings. The Hall–Kier alpha value is -2.12. The molecule has 3 nitrogen and oxygen atoms in total. The highest BCUT2D eigenvalue weighted by Crippen LogP contribution is 2.10. The molecule has 0 aromatic heterocycles. The van der Waals surface area contributed by atoms with Crippen molar-refractivity contribution in [2.45, 2.75) is 6.61 Å². The molecule has 0 unspecified atom stereocenters. The molecule has 0 amide bonds. The molecule has 0 aliphatic heterocycles. The fraction of sp³-hybridized carbons (Fsp3) is 0.0667. The van der Waals surface area contributed by atoms with Crippen LogP contribution in [-0.2, 0) is 11.4 Å². The molecule has 94 valence electrons. The van der Waals surface area contributed by atoms with Crippen molar-refractivity contribution in [3.8, 4) is 6.07 Å². The lowest BCUT2D eigenvalue weighted by molar-refractivity contribution is 0.132. The molecule has 4 heteroatoms. The zero-order valence-corrected chi connectivity index (χ0v) is 11.7. The number of nitrogens with zero attached hydrogens (tertiary/aromatic N) is 2. The van der Waals surface area contributed by atoms with E-state index >= 15 is 0 Å². The monoisotopic (exact) mass is 314 g/mol. The predicted molar refractivity (Wildman–Crippen MR) is 77.7 cm³/mol. The number of rotatable bonds is 4. The van der Waals surface area contributed by atoms with Gasteiger partial charge in [-0.3, -0.25) is 0 Å². The molecule has 0 aliphatic carbocycles. The third kappa shape index (κ3) is 3.94. The molecule has 0 heterocycles. The second kappa shape index (κ2) is 6.72. The molecule has 0 aliphatic rings. The van der Waals surface area contributed by atoms with Crippen LogP contribution in [0.25, 0.3) is 0 Å². The zero-order valence-electron chi connectivity index (χ0n) is 10.1. The van der Waals surface area contributed by atoms with Crippen molar-refractivity contribution in [1.29, 1.82) is 5.26 Å². The van der Waals surface area contributed by atoms with E-state index in [-0.39, 0.29) is 6.61 Å². The van der Waals surface area contributed by atoms with Gasteiger partial charge in [-0.2, -0.15) is 5.26 Å². The van der Waals surface area contributed by atoms with Crippen LogP contribution < -0.4 is 0 Å². The summed E-state index contributed by atoms with van der Waals surface area (Å²) in [4.78, 5) is 5.20. The van der Waals surface area contributed by atoms with E-state index in [9.17, 15) is 0 Å². The van der Waals surface area contributed by atoms with Crippen LogP contribution in [-0.4, -0.2) is 6.21 Å². The molecule has 19 heavy (non-hydrogen) atoms. The van der Waals surface area contributed by atoms with E-state index in [0.29, 0.717) is 5.56 Å². The second-order valence-electron chi connectivity index (χ2n) is 3.83. The molecule has 0 spiro atoms. The van der Waals surface area contributed by atoms with Crippen molar-refractivity contribution in [3.05, 3.63) is 69.7 Å². The van der Waals surface area contributed by atoms with Crippen molar-refractivity contribution in [2.24, 2.45) is 5.16 Å². The minimum Gasteiger partial charge on any atom is -0.391 e. The highest BCUT2D eigenvalue weighted by Gasteiger charge is 1.99. The van der Waals surface area contributed by atoms with Crippen LogP contribution >= 0.6 is 15.9 Å². The smallest absolute Gasteiger partial charge is 0.143 e. The van der Waals surface area contributed by atoms with Gasteiger partial charge in [0.1, 0.15) is 6.61 Å². The minimum absolute atomic E-state index is 0.288. The maximum atomic E-state index is 8.93. The summed E-state index contributed by atoms with van der Waals surface area (Å²) in [6.07, 6.45) is 1.64. The van der Waals surface area contributed by atoms with Gasteiger partial charge in [-0.05, 0) is 23.8 Å². The van der Waals surface area contributed by atoms with Crippen LogP contribution in [0.15, 0.2) is 58.2 Å². The maximum absolute atomic E-state index is 8.93. The van der Waals surface area contributed by atoms with E-state index in [1.165, 1.54) is 0 Å². The Balaban J connectivity index is 1.93. The first-order valence-electron chi connectivity index (χ1n) is 5.68. The fourth-order valence-electron chi connectivity index (χ4n) is 1.51. The van der Waals surface area contributed by atoms with Crippen molar-refractivity contribution in [3.63, 3.8) is 0 Å². The predicted octanol–water partition coefficient (Wildman–Crippen LogP) is 3.87. The highest BCUT2D eigenvalue weighted by atomic mass is 79.9. The molecular weight excluding hydrogens is 304 g/mol. The standard InChI is InChI=1S/C15H11BrN2O/c16-15-7-5-12(6-8-15)10-18-19-11-14-4-2-1-3-13(14)9-17/h1-8,10H,11H2. The summed E-state index contributed by atoms with van der Waals surface area (Å²) in [6, 6.07) is 17.2. The number of hydrogen-bond donors (Lipinski definition) is 0. The van der Waals surface area contributed by atoms with Gasteiger partial charge < -0.3 is 4.84 Å². The third-order valence-corrected chi connectivity index (χ3v) is 3.03. The molecular formula is C15H11BrN2O. The summed E-state index contributed by atoms with van der Waals surface area (Å²) >= 11 is 3.37. The van der Waals surface area contributed by atoms with Crippen molar-refractivity contribution in [2.75, 3.05) is 0 Å². The number of nitriles is 1. The van der Waals surface area contributed by atoms with E-state index in [2.05, 4.69) is 27.2 Å². The van der Waals surface area contributed by atoms with Gasteiger partial charge in [0, 0.05) is 10.0 Å². The quantitative estimate of drug-likeness (QED) is 0.635. The topological polar surface area (TPSA) is 45.4 Å². The van der Waals surface area contributed by atoms with Crippen molar-refractivity contribution in [1.82, 2.24) is 0 Å². The molecule has 0 fully saturated rings. The highest BCUT2D eigenvalue weighted by molar-refractivity contribution is 9.10. The summed E-state index contributed by atoms with van der Waals surface area (Å²) in [5.41, 5.74) is 2.40. The van der Waals surface area contributed by atoms with E-state index in [4.69, 9.17) is 10.1 Å². The average Bonchev–Trinajstić information content (AvgIpc) is 2.46. The molecule has 0 saturated heterocycles. The number of halogens is 1. The van der Waals surface area contributed by atoms with E-state index in [1.54, 1.807) is 12.3 Å². The summed E-state index contributed by atoms with van der Waals surface area (Å²) in [6.45, 7) is 0.288. The van der Waals surface area contributed by atoms with Crippen LogP contribution in [0.3, 0.4) is 0 Å². The number of benzene rings is 2. The normalized spacial score (nSPS) is 10.3. The Morgan fingerprint density at radius 3 is 2.63 bits per heavy atom. The Kier molecular flexibility index (Phi) is 4.71. The van der Waals surface area contributed by atoms with Crippen molar-refractivity contribution < 1.29 is 4.84 Å². The maximum Gasteiger partial charge on any atom is 0.143 e. The molecule has 0 bridgehead atoms. The molecule has 0 radical (unpaired) electrons. The molecule has 0 atom stereocenters. The molecule has 2 aromatic carbocycles. The first kappa shape index (κ1) is 13.3. The molecule has 0 N–H and O–H groups in total. The SMILES string of the molecule is N#Cc1ccccc1CON=Cc1ccc(Br)cc1. The van der Waals surface area contributed by atoms with Gasteiger partial charge in [-0.1, -0.05) is 51.4 Å². The molecule has 2 rings (SSSR count). The zero-order chi connectivity index (χ0) is 13.5. The van der Waals surface area contributed by atoms with Crippen LogP contribution in [0.1, 0.15) is 16.7 Å². The first-order chi connectivity index (χ1) is 9.29. The summed E-state index contributed by atoms with van der Waals surface area (Å²) in [7, 11) is 0. The van der Waals surface area contributed by atoms with Gasteiger partial charge in [0.25, 0.3) is 0 Å². The van der Waals surface area contributed by atoms with Crippen molar-refractivity contribution >= 4 is 22.1 Å². The van der Waals surface area contributed by atoms with Crippen LogP contribution in [0.2, 0.25) is 0 Å². The summed E-state index contributed by atoms with van der Waals surface area (Å²) < 4.78 is 1.02. The second-order valence-corrected chi connectivity index (χ2v) is 4.74. The average molecular weight is 315 g/mol. The Morgan fingerprint density at radius 1 is 1.16 bits per heavy atom. The van der Waals surface area contributed by atoms with Gasteiger partial charge in [-0.15, -0.1) is 0 Å². The van der Waals surface area contributed by atoms with E-state index < -0.39 is 0 Å². The Labute approximate surface area is 120 Å². The fourth-order valence-corrected chi connectivity index (χ4v) is 1.77. The Morgan fingerprint density at radius 2 is 1.89 bits per heavy atom. The first-order valence-corrected chi connectivity index (χ1v) is 6.48. The van der Waals surface area contributed by atoms with E-state index in [1.807, 2.05) is 42.5 Å². The van der Waals surface area contributed by atoms with Gasteiger partial charge in [0.15, 0.2) is 0 Å². The van der Waals surface area contributed by atoms with Gasteiger partial charge in [0.2, 0.25) is 0 Å². The van der Waals surface area contributed by atoms with E-state index in [0.717, 1.165) is 15.6 Å². The lowest BCUT2D eigenvalue weighted by atomic mass is 10.1. The van der Waals surface area contributed by atoms with Crippen LogP contribution in [0, 0.1) is 11.3 Å². The third-order valence-electron chi connectivity index (χ3n) is 2.50. The molecule has 0 saturated carbocycles. The summed E-state index contributed by atoms with van der Waals surface area (Å²) in [5, 5.41) is 12.8. The van der Waals surface area contributed by atoms with Gasteiger partial charge in [-0.25, -0.2) is 0 Å². The lowest BCUT2D eigenvalue weighted by Gasteiger charge is -2.01. The summed E-state index contributed by atoms with van der Waals surface area (Å²) in [5.74, 6) is 0. The van der Waals surface area contributed by atoms with Crippen LogP contribution in [0.4, 0.5) is 0 Å². The largest absolute Gasteiger partial charge is 0.391 e. The Bertz CT molecular complexity index is 615. The lowest BCUT2D eigenvalue weighted by Crippen LogP contribution is -1.92. The van der Waals surface area contributed by atoms with Gasteiger partial charge in [0.05, 0.1) is 17.8 Å². The number of hydrogen-bond acceptors (Lipinski definition) is 3. The minimum atomic E-state index is 0.288. The van der Waals surface area contributed by atoms with Crippen LogP contribution in [0.5, 0.6) is 0 Å². The van der Waals surface area contributed by atoms with Gasteiger partial charge >= 0.3 is 0 Å². The number of oxime groups is 1.